The van der Waals surface area contributed by atoms with Gasteiger partial charge in [-0.25, -0.2) is 4.98 Å². The van der Waals surface area contributed by atoms with Crippen molar-refractivity contribution in [1.82, 2.24) is 4.98 Å². The monoisotopic (exact) mass is 429 g/mol. The lowest BCUT2D eigenvalue weighted by atomic mass is 10.1. The fraction of sp³-hybridized carbons (Fsp3) is 0.125. The highest BCUT2D eigenvalue weighted by atomic mass is 32.1. The van der Waals surface area contributed by atoms with Crippen LogP contribution in [0.4, 0.5) is 11.4 Å². The number of benzene rings is 3. The minimum atomic E-state index is -0.801. The Morgan fingerprint density at radius 1 is 1.06 bits per heavy atom. The van der Waals surface area contributed by atoms with Gasteiger partial charge in [-0.05, 0) is 36.4 Å². The number of rotatable bonds is 3. The summed E-state index contributed by atoms with van der Waals surface area (Å²) in [5.74, 6) is 0.0842. The minimum absolute atomic E-state index is 0.133. The summed E-state index contributed by atoms with van der Waals surface area (Å²) in [5, 5.41) is 3.81. The first-order chi connectivity index (χ1) is 15.1. The van der Waals surface area contributed by atoms with Crippen molar-refractivity contribution in [2.45, 2.75) is 13.0 Å². The van der Waals surface area contributed by atoms with Crippen LogP contribution in [0.5, 0.6) is 5.75 Å². The number of carbonyl (C=O) groups excluding carboxylic acids is 2. The summed E-state index contributed by atoms with van der Waals surface area (Å²) in [4.78, 5) is 31.3. The summed E-state index contributed by atoms with van der Waals surface area (Å²) < 4.78 is 7.00. The van der Waals surface area contributed by atoms with E-state index in [1.54, 1.807) is 22.3 Å². The van der Waals surface area contributed by atoms with E-state index in [-0.39, 0.29) is 18.4 Å². The predicted octanol–water partition coefficient (Wildman–Crippen LogP) is 4.72. The molecule has 0 bridgehead atoms. The lowest BCUT2D eigenvalue weighted by molar-refractivity contribution is -0.123. The Labute approximate surface area is 183 Å². The summed E-state index contributed by atoms with van der Waals surface area (Å²) >= 11 is 1.61. The zero-order valence-electron chi connectivity index (χ0n) is 16.7. The molecule has 3 aromatic carbocycles. The maximum absolute atomic E-state index is 12.9. The van der Waals surface area contributed by atoms with E-state index in [1.807, 2.05) is 66.7 Å². The number of anilines is 2. The van der Waals surface area contributed by atoms with E-state index in [9.17, 15) is 9.59 Å². The van der Waals surface area contributed by atoms with Crippen LogP contribution in [0.25, 0.3) is 20.8 Å². The van der Waals surface area contributed by atoms with Crippen molar-refractivity contribution in [3.8, 4) is 16.3 Å². The van der Waals surface area contributed by atoms with Crippen LogP contribution in [0.15, 0.2) is 72.8 Å². The molecule has 5 rings (SSSR count). The van der Waals surface area contributed by atoms with Gasteiger partial charge in [-0.1, -0.05) is 36.4 Å². The van der Waals surface area contributed by atoms with Crippen LogP contribution < -0.4 is 15.0 Å². The highest BCUT2D eigenvalue weighted by Crippen LogP contribution is 2.34. The molecule has 0 unspecified atom stereocenters. The van der Waals surface area contributed by atoms with Crippen LogP contribution in [0.2, 0.25) is 0 Å². The molecule has 0 saturated carbocycles. The van der Waals surface area contributed by atoms with Crippen molar-refractivity contribution < 1.29 is 14.3 Å². The average molecular weight is 430 g/mol. The molecule has 1 aromatic heterocycles. The van der Waals surface area contributed by atoms with Crippen LogP contribution in [-0.2, 0) is 9.59 Å². The van der Waals surface area contributed by atoms with E-state index in [4.69, 9.17) is 4.74 Å². The van der Waals surface area contributed by atoms with Gasteiger partial charge in [0.15, 0.2) is 6.10 Å². The number of nitrogens with zero attached hydrogens (tertiary/aromatic N) is 2. The molecule has 2 heterocycles. The second-order valence-electron chi connectivity index (χ2n) is 7.26. The van der Waals surface area contributed by atoms with Crippen LogP contribution in [-0.4, -0.2) is 29.4 Å². The summed E-state index contributed by atoms with van der Waals surface area (Å²) in [7, 11) is 0. The van der Waals surface area contributed by atoms with Gasteiger partial charge in [-0.15, -0.1) is 11.3 Å². The number of hydrogen-bond donors (Lipinski definition) is 1. The van der Waals surface area contributed by atoms with Gasteiger partial charge in [0.2, 0.25) is 5.91 Å². The molecule has 0 aliphatic carbocycles. The van der Waals surface area contributed by atoms with Crippen molar-refractivity contribution in [3.05, 3.63) is 72.8 Å². The van der Waals surface area contributed by atoms with Crippen molar-refractivity contribution in [2.24, 2.45) is 0 Å². The van der Waals surface area contributed by atoms with E-state index in [1.165, 1.54) is 6.92 Å². The molecule has 6 nitrogen and oxygen atoms in total. The number of carbonyl (C=O) groups is 2. The Balaban J connectivity index is 1.37. The molecule has 4 aromatic rings. The van der Waals surface area contributed by atoms with E-state index in [0.29, 0.717) is 17.1 Å². The molecule has 1 aliphatic rings. The number of ether oxygens (including phenoxy) is 1. The first kappa shape index (κ1) is 19.3. The SMILES string of the molecule is CC(=O)N1C[C@H](C(=O)Nc2cccc(-c3nc4ccccc4s3)c2)Oc2ccccc21. The van der Waals surface area contributed by atoms with E-state index >= 15 is 0 Å². The maximum atomic E-state index is 12.9. The maximum Gasteiger partial charge on any atom is 0.267 e. The van der Waals surface area contributed by atoms with Crippen LogP contribution >= 0.6 is 11.3 Å². The number of aromatic nitrogens is 1. The number of amides is 2. The van der Waals surface area contributed by atoms with Crippen molar-refractivity contribution in [3.63, 3.8) is 0 Å². The van der Waals surface area contributed by atoms with E-state index in [2.05, 4.69) is 10.3 Å². The first-order valence-electron chi connectivity index (χ1n) is 9.89. The molecule has 1 atom stereocenters. The number of thiazole rings is 1. The Morgan fingerprint density at radius 3 is 2.71 bits per heavy atom. The molecule has 2 amide bonds. The molecule has 154 valence electrons. The molecule has 0 spiro atoms. The standard InChI is InChI=1S/C24H19N3O3S/c1-15(28)27-14-21(30-20-11-4-3-10-19(20)27)23(29)25-17-8-6-7-16(13-17)24-26-18-9-2-5-12-22(18)31-24/h2-13,21H,14H2,1H3,(H,25,29)/t21-/m1/s1. The number of para-hydroxylation sites is 3. The summed E-state index contributed by atoms with van der Waals surface area (Å²) in [6, 6.07) is 22.8. The molecule has 0 radical (unpaired) electrons. The molecule has 0 saturated heterocycles. The van der Waals surface area contributed by atoms with Crippen molar-refractivity contribution >= 4 is 44.7 Å². The molecule has 7 heteroatoms. The highest BCUT2D eigenvalue weighted by molar-refractivity contribution is 7.21. The molecule has 0 fully saturated rings. The third-order valence-corrected chi connectivity index (χ3v) is 6.20. The third-order valence-electron chi connectivity index (χ3n) is 5.12. The highest BCUT2D eigenvalue weighted by Gasteiger charge is 2.32. The van der Waals surface area contributed by atoms with E-state index in [0.717, 1.165) is 20.8 Å². The van der Waals surface area contributed by atoms with Gasteiger partial charge < -0.3 is 15.0 Å². The number of hydrogen-bond acceptors (Lipinski definition) is 5. The summed E-state index contributed by atoms with van der Waals surface area (Å²) in [5.41, 5.74) is 3.21. The Kier molecular flexibility index (Phi) is 4.88. The van der Waals surface area contributed by atoms with Gasteiger partial charge in [-0.3, -0.25) is 9.59 Å². The van der Waals surface area contributed by atoms with Gasteiger partial charge in [0.25, 0.3) is 5.91 Å². The predicted molar refractivity (Wildman–Crippen MR) is 123 cm³/mol. The minimum Gasteiger partial charge on any atom is -0.476 e. The lowest BCUT2D eigenvalue weighted by Gasteiger charge is -2.33. The summed E-state index contributed by atoms with van der Waals surface area (Å²) in [6.45, 7) is 1.65. The van der Waals surface area contributed by atoms with Crippen molar-refractivity contribution in [1.29, 1.82) is 0 Å². The quantitative estimate of drug-likeness (QED) is 0.512. The normalized spacial score (nSPS) is 15.3. The van der Waals surface area contributed by atoms with Gasteiger partial charge in [0.05, 0.1) is 22.4 Å². The van der Waals surface area contributed by atoms with Crippen molar-refractivity contribution in [2.75, 3.05) is 16.8 Å². The summed E-state index contributed by atoms with van der Waals surface area (Å²) in [6.07, 6.45) is -0.801. The van der Waals surface area contributed by atoms with Gasteiger partial charge in [0, 0.05) is 18.2 Å². The van der Waals surface area contributed by atoms with E-state index < -0.39 is 6.10 Å². The zero-order valence-corrected chi connectivity index (χ0v) is 17.6. The molecule has 1 aliphatic heterocycles. The van der Waals surface area contributed by atoms with Gasteiger partial charge in [-0.2, -0.15) is 0 Å². The molecular formula is C24H19N3O3S. The number of fused-ring (bicyclic) bond motifs is 2. The molecule has 31 heavy (non-hydrogen) atoms. The Morgan fingerprint density at radius 2 is 1.87 bits per heavy atom. The second-order valence-corrected chi connectivity index (χ2v) is 8.29. The van der Waals surface area contributed by atoms with Gasteiger partial charge in [0.1, 0.15) is 10.8 Å². The molecular weight excluding hydrogens is 410 g/mol. The van der Waals surface area contributed by atoms with Gasteiger partial charge >= 0.3 is 0 Å². The largest absolute Gasteiger partial charge is 0.476 e. The lowest BCUT2D eigenvalue weighted by Crippen LogP contribution is -2.48. The third kappa shape index (κ3) is 3.75. The zero-order chi connectivity index (χ0) is 21.4. The second kappa shape index (κ2) is 7.85. The number of nitrogens with one attached hydrogen (secondary N) is 1. The fourth-order valence-corrected chi connectivity index (χ4v) is 4.58. The van der Waals surface area contributed by atoms with Crippen LogP contribution in [0.3, 0.4) is 0 Å². The average Bonchev–Trinajstić information content (AvgIpc) is 3.23. The Hall–Kier alpha value is -3.71. The fourth-order valence-electron chi connectivity index (χ4n) is 3.62. The Bertz CT molecular complexity index is 1270. The van der Waals surface area contributed by atoms with Crippen LogP contribution in [0, 0.1) is 0 Å². The smallest absolute Gasteiger partial charge is 0.267 e. The molecule has 1 N–H and O–H groups in total. The topological polar surface area (TPSA) is 71.5 Å². The first-order valence-corrected chi connectivity index (χ1v) is 10.7. The van der Waals surface area contributed by atoms with Crippen LogP contribution in [0.1, 0.15) is 6.92 Å².